The summed E-state index contributed by atoms with van der Waals surface area (Å²) < 4.78 is 13.6. The Bertz CT molecular complexity index is 813. The minimum absolute atomic E-state index is 0.0683. The van der Waals surface area contributed by atoms with E-state index in [-0.39, 0.29) is 18.8 Å². The maximum atomic E-state index is 13.6. The van der Waals surface area contributed by atoms with Gasteiger partial charge in [-0.3, -0.25) is 4.79 Å². The van der Waals surface area contributed by atoms with Crippen LogP contribution in [0.3, 0.4) is 0 Å². The highest BCUT2D eigenvalue weighted by Crippen LogP contribution is 2.29. The van der Waals surface area contributed by atoms with Crippen molar-refractivity contribution < 1.29 is 19.1 Å². The smallest absolute Gasteiger partial charge is 0.317 e. The van der Waals surface area contributed by atoms with Gasteiger partial charge in [0.1, 0.15) is 5.82 Å². The minimum atomic E-state index is -0.985. The maximum absolute atomic E-state index is 13.6. The normalized spacial score (nSPS) is 11.7. The van der Waals surface area contributed by atoms with Crippen LogP contribution >= 0.6 is 11.6 Å². The van der Waals surface area contributed by atoms with Gasteiger partial charge in [0.2, 0.25) is 0 Å². The first-order valence-electron chi connectivity index (χ1n) is 8.03. The first kappa shape index (κ1) is 19.7. The highest BCUT2D eigenvalue weighted by atomic mass is 35.5. The molecule has 0 aliphatic carbocycles. The number of hydrogen-bond donors (Lipinski definition) is 2. The summed E-state index contributed by atoms with van der Waals surface area (Å²) in [6.45, 7) is 1.71. The first-order chi connectivity index (χ1) is 12.3. The van der Waals surface area contributed by atoms with Gasteiger partial charge in [-0.05, 0) is 35.7 Å². The minimum Gasteiger partial charge on any atom is -0.481 e. The van der Waals surface area contributed by atoms with Crippen LogP contribution in [0.4, 0.5) is 9.18 Å². The van der Waals surface area contributed by atoms with Crippen LogP contribution in [0.2, 0.25) is 5.02 Å². The van der Waals surface area contributed by atoms with Gasteiger partial charge >= 0.3 is 12.0 Å². The zero-order valence-electron chi connectivity index (χ0n) is 14.5. The van der Waals surface area contributed by atoms with E-state index in [1.807, 2.05) is 0 Å². The highest BCUT2D eigenvalue weighted by molar-refractivity contribution is 6.31. The average Bonchev–Trinajstić information content (AvgIpc) is 2.60. The van der Waals surface area contributed by atoms with Crippen molar-refractivity contribution in [1.29, 1.82) is 0 Å². The van der Waals surface area contributed by atoms with Crippen molar-refractivity contribution in [2.75, 3.05) is 13.6 Å². The maximum Gasteiger partial charge on any atom is 0.317 e. The number of halogens is 2. The summed E-state index contributed by atoms with van der Waals surface area (Å²) in [6, 6.07) is 10.6. The molecule has 5 nitrogen and oxygen atoms in total. The van der Waals surface area contributed by atoms with Gasteiger partial charge in [-0.25, -0.2) is 9.18 Å². The Labute approximate surface area is 156 Å². The van der Waals surface area contributed by atoms with Crippen LogP contribution in [0.15, 0.2) is 42.5 Å². The number of carboxylic acids is 1. The van der Waals surface area contributed by atoms with Crippen LogP contribution in [0, 0.1) is 12.7 Å². The van der Waals surface area contributed by atoms with Gasteiger partial charge in [-0.2, -0.15) is 0 Å². The molecule has 138 valence electrons. The molecule has 2 N–H and O–H groups in total. The van der Waals surface area contributed by atoms with Gasteiger partial charge in [0, 0.05) is 18.6 Å². The molecule has 0 fully saturated rings. The highest BCUT2D eigenvalue weighted by Gasteiger charge is 2.22. The molecular formula is C19H20ClFN2O3. The molecule has 1 unspecified atom stereocenters. The Morgan fingerprint density at radius 3 is 2.58 bits per heavy atom. The summed E-state index contributed by atoms with van der Waals surface area (Å²) in [5.41, 5.74) is 1.80. The molecule has 0 heterocycles. The van der Waals surface area contributed by atoms with Crippen molar-refractivity contribution in [1.82, 2.24) is 10.2 Å². The Kier molecular flexibility index (Phi) is 6.58. The van der Waals surface area contributed by atoms with E-state index >= 15 is 0 Å². The van der Waals surface area contributed by atoms with E-state index in [1.54, 1.807) is 43.3 Å². The molecule has 0 aliphatic heterocycles. The Morgan fingerprint density at radius 2 is 1.96 bits per heavy atom. The van der Waals surface area contributed by atoms with Crippen molar-refractivity contribution in [2.24, 2.45) is 0 Å². The number of benzene rings is 2. The zero-order chi connectivity index (χ0) is 19.3. The van der Waals surface area contributed by atoms with Gasteiger partial charge in [-0.1, -0.05) is 41.9 Å². The lowest BCUT2D eigenvalue weighted by Gasteiger charge is -2.25. The number of urea groups is 1. The third-order valence-corrected chi connectivity index (χ3v) is 4.35. The van der Waals surface area contributed by atoms with E-state index in [2.05, 4.69) is 5.32 Å². The number of carboxylic acid groups (broad SMARTS) is 1. The van der Waals surface area contributed by atoms with Crippen LogP contribution in [-0.4, -0.2) is 35.6 Å². The van der Waals surface area contributed by atoms with Crippen LogP contribution in [-0.2, 0) is 4.79 Å². The lowest BCUT2D eigenvalue weighted by Crippen LogP contribution is -2.40. The van der Waals surface area contributed by atoms with E-state index in [4.69, 9.17) is 16.7 Å². The number of carbonyl (C=O) groups excluding carboxylic acids is 1. The number of carbonyl (C=O) groups is 2. The van der Waals surface area contributed by atoms with Gasteiger partial charge in [0.05, 0.1) is 12.5 Å². The van der Waals surface area contributed by atoms with Crippen LogP contribution < -0.4 is 5.32 Å². The molecule has 0 saturated carbocycles. The summed E-state index contributed by atoms with van der Waals surface area (Å²) in [6.07, 6.45) is -0.156. The quantitative estimate of drug-likeness (QED) is 0.798. The Morgan fingerprint density at radius 1 is 1.27 bits per heavy atom. The van der Waals surface area contributed by atoms with Gasteiger partial charge in [0.15, 0.2) is 0 Å². The zero-order valence-corrected chi connectivity index (χ0v) is 15.3. The summed E-state index contributed by atoms with van der Waals surface area (Å²) in [5, 5.41) is 12.1. The number of aryl methyl sites for hydroxylation is 1. The standard InChI is InChI=1S/C19H20ClFN2O3/c1-12-11-13(7-8-16(12)21)18(14-5-3-4-6-15(14)20)22-19(26)23(2)10-9-17(24)25/h3-8,11,18H,9-10H2,1-2H3,(H,22,26)(H,24,25). The predicted octanol–water partition coefficient (Wildman–Crippen LogP) is 3.99. The molecule has 0 aromatic heterocycles. The van der Waals surface area contributed by atoms with Gasteiger partial charge in [0.25, 0.3) is 0 Å². The average molecular weight is 379 g/mol. The summed E-state index contributed by atoms with van der Waals surface area (Å²) >= 11 is 6.29. The van der Waals surface area contributed by atoms with E-state index in [0.29, 0.717) is 21.7 Å². The van der Waals surface area contributed by atoms with Crippen LogP contribution in [0.5, 0.6) is 0 Å². The Balaban J connectivity index is 2.32. The molecule has 1 atom stereocenters. The number of nitrogens with one attached hydrogen (secondary N) is 1. The third-order valence-electron chi connectivity index (χ3n) is 4.01. The van der Waals surface area contributed by atoms with Crippen molar-refractivity contribution in [3.63, 3.8) is 0 Å². The molecule has 2 aromatic rings. The fourth-order valence-electron chi connectivity index (χ4n) is 2.50. The summed E-state index contributed by atoms with van der Waals surface area (Å²) in [7, 11) is 1.51. The van der Waals surface area contributed by atoms with E-state index in [0.717, 1.165) is 0 Å². The van der Waals surface area contributed by atoms with E-state index in [9.17, 15) is 14.0 Å². The van der Waals surface area contributed by atoms with Crippen molar-refractivity contribution >= 4 is 23.6 Å². The number of nitrogens with zero attached hydrogens (tertiary/aromatic N) is 1. The molecule has 2 aromatic carbocycles. The molecule has 0 saturated heterocycles. The fourth-order valence-corrected chi connectivity index (χ4v) is 2.74. The van der Waals surface area contributed by atoms with Crippen LogP contribution in [0.25, 0.3) is 0 Å². The van der Waals surface area contributed by atoms with Crippen molar-refractivity contribution in [3.8, 4) is 0 Å². The number of rotatable bonds is 6. The topological polar surface area (TPSA) is 69.6 Å². The van der Waals surface area contributed by atoms with E-state index in [1.165, 1.54) is 18.0 Å². The molecule has 0 radical (unpaired) electrons. The van der Waals surface area contributed by atoms with Crippen molar-refractivity contribution in [3.05, 3.63) is 70.0 Å². The number of hydrogen-bond acceptors (Lipinski definition) is 2. The molecule has 2 amide bonds. The Hall–Kier alpha value is -2.60. The molecule has 0 bridgehead atoms. The van der Waals surface area contributed by atoms with Gasteiger partial charge in [-0.15, -0.1) is 0 Å². The molecule has 26 heavy (non-hydrogen) atoms. The second-order valence-electron chi connectivity index (χ2n) is 5.98. The second kappa shape index (κ2) is 8.67. The predicted molar refractivity (Wildman–Crippen MR) is 97.8 cm³/mol. The van der Waals surface area contributed by atoms with Gasteiger partial charge < -0.3 is 15.3 Å². The second-order valence-corrected chi connectivity index (χ2v) is 6.39. The lowest BCUT2D eigenvalue weighted by atomic mass is 9.97. The molecule has 0 aliphatic rings. The van der Waals surface area contributed by atoms with E-state index < -0.39 is 18.0 Å². The monoisotopic (exact) mass is 378 g/mol. The summed E-state index contributed by atoms with van der Waals surface area (Å²) in [5.74, 6) is -1.32. The number of amides is 2. The molecule has 2 rings (SSSR count). The van der Waals surface area contributed by atoms with Crippen LogP contribution in [0.1, 0.15) is 29.2 Å². The molecule has 0 spiro atoms. The first-order valence-corrected chi connectivity index (χ1v) is 8.41. The molecule has 7 heteroatoms. The fraction of sp³-hybridized carbons (Fsp3) is 0.263. The molecular weight excluding hydrogens is 359 g/mol. The third kappa shape index (κ3) is 4.95. The van der Waals surface area contributed by atoms with Crippen molar-refractivity contribution in [2.45, 2.75) is 19.4 Å². The number of aliphatic carboxylic acids is 1. The SMILES string of the molecule is Cc1cc(C(NC(=O)N(C)CCC(=O)O)c2ccccc2Cl)ccc1F. The largest absolute Gasteiger partial charge is 0.481 e. The summed E-state index contributed by atoms with van der Waals surface area (Å²) in [4.78, 5) is 24.5. The lowest BCUT2D eigenvalue weighted by molar-refractivity contribution is -0.137.